The highest BCUT2D eigenvalue weighted by molar-refractivity contribution is 7.17. The van der Waals surface area contributed by atoms with Crippen LogP contribution >= 0.6 is 46.1 Å². The summed E-state index contributed by atoms with van der Waals surface area (Å²) in [5.74, 6) is -1.41. The van der Waals surface area contributed by atoms with Crippen molar-refractivity contribution in [2.75, 3.05) is 6.54 Å². The van der Waals surface area contributed by atoms with E-state index in [0.29, 0.717) is 26.2 Å². The van der Waals surface area contributed by atoms with E-state index in [1.54, 1.807) is 24.3 Å². The van der Waals surface area contributed by atoms with Gasteiger partial charge in [0.15, 0.2) is 0 Å². The molecule has 0 saturated heterocycles. The summed E-state index contributed by atoms with van der Waals surface area (Å²) in [6, 6.07) is 18.9. The molecular weight excluding hydrogens is 575 g/mol. The summed E-state index contributed by atoms with van der Waals surface area (Å²) in [4.78, 5) is 23.3. The zero-order chi connectivity index (χ0) is 28.1. The summed E-state index contributed by atoms with van der Waals surface area (Å²) >= 11 is 20.7. The Morgan fingerprint density at radius 1 is 1.03 bits per heavy atom. The number of halogens is 3. The second kappa shape index (κ2) is 12.8. The number of rotatable bonds is 10. The van der Waals surface area contributed by atoms with Gasteiger partial charge in [-0.3, -0.25) is 9.59 Å². The highest BCUT2D eigenvalue weighted by Crippen LogP contribution is 2.47. The van der Waals surface area contributed by atoms with Gasteiger partial charge in [-0.15, -0.1) is 11.3 Å². The van der Waals surface area contributed by atoms with Gasteiger partial charge < -0.3 is 10.4 Å². The number of hydrogen-bond acceptors (Lipinski definition) is 4. The predicted octanol–water partition coefficient (Wildman–Crippen LogP) is 8.65. The first-order valence-corrected chi connectivity index (χ1v) is 14.4. The van der Waals surface area contributed by atoms with Crippen molar-refractivity contribution >= 4 is 68.1 Å². The van der Waals surface area contributed by atoms with Gasteiger partial charge in [0.25, 0.3) is 5.91 Å². The van der Waals surface area contributed by atoms with Crippen LogP contribution in [0.2, 0.25) is 15.1 Å². The third-order valence-corrected chi connectivity index (χ3v) is 8.66. The summed E-state index contributed by atoms with van der Waals surface area (Å²) in [6.07, 6.45) is 1.62. The number of fused-ring (bicyclic) bond motifs is 1. The van der Waals surface area contributed by atoms with Crippen molar-refractivity contribution in [2.24, 2.45) is 0 Å². The number of carbonyl (C=O) groups is 2. The molecule has 1 heterocycles. The summed E-state index contributed by atoms with van der Waals surface area (Å²) in [7, 11) is 0. The first kappa shape index (κ1) is 28.9. The Balaban J connectivity index is 1.81. The highest BCUT2D eigenvalue weighted by atomic mass is 35.5. The number of amides is 1. The molecule has 2 atom stereocenters. The second-order valence-electron chi connectivity index (χ2n) is 9.20. The molecule has 2 N–H and O–H groups in total. The number of benzene rings is 3. The highest BCUT2D eigenvalue weighted by Gasteiger charge is 2.29. The summed E-state index contributed by atoms with van der Waals surface area (Å²) in [5, 5.41) is 25.6. The molecule has 2 unspecified atom stereocenters. The summed E-state index contributed by atoms with van der Waals surface area (Å²) in [6.45, 7) is 2.19. The van der Waals surface area contributed by atoms with Gasteiger partial charge >= 0.3 is 5.97 Å². The molecule has 4 rings (SSSR count). The number of carboxylic acids is 1. The molecule has 1 aromatic heterocycles. The molecule has 3 aromatic carbocycles. The van der Waals surface area contributed by atoms with Crippen LogP contribution in [0.4, 0.5) is 0 Å². The van der Waals surface area contributed by atoms with E-state index in [1.165, 1.54) is 11.3 Å². The van der Waals surface area contributed by atoms with Crippen LogP contribution in [0, 0.1) is 11.3 Å². The zero-order valence-electron chi connectivity index (χ0n) is 21.0. The molecule has 200 valence electrons. The van der Waals surface area contributed by atoms with E-state index in [2.05, 4.69) is 23.7 Å². The van der Waals surface area contributed by atoms with E-state index in [9.17, 15) is 14.9 Å². The topological polar surface area (TPSA) is 90.2 Å². The van der Waals surface area contributed by atoms with Crippen LogP contribution in [0.1, 0.15) is 70.6 Å². The van der Waals surface area contributed by atoms with Crippen LogP contribution in [0.15, 0.2) is 60.0 Å². The maximum absolute atomic E-state index is 12.5. The Kier molecular flexibility index (Phi) is 9.53. The van der Waals surface area contributed by atoms with E-state index in [0.717, 1.165) is 39.6 Å². The van der Waals surface area contributed by atoms with Crippen molar-refractivity contribution in [3.8, 4) is 6.07 Å². The van der Waals surface area contributed by atoms with Gasteiger partial charge in [0.2, 0.25) is 0 Å². The number of aliphatic carboxylic acids is 1. The maximum atomic E-state index is 12.5. The van der Waals surface area contributed by atoms with E-state index >= 15 is 0 Å². The fourth-order valence-corrected chi connectivity index (χ4v) is 6.46. The molecule has 5 nitrogen and oxygen atoms in total. The number of nitrogens with one attached hydrogen (secondary N) is 1. The summed E-state index contributed by atoms with van der Waals surface area (Å²) in [5.41, 5.74) is 4.05. The lowest BCUT2D eigenvalue weighted by Crippen LogP contribution is -2.26. The van der Waals surface area contributed by atoms with Crippen LogP contribution in [0.5, 0.6) is 0 Å². The Hall–Kier alpha value is -3.08. The standard InChI is InChI=1S/C30H25Cl3N2O3S/c1-2-3-22(17-4-6-18(7-5-17)30(38)35-11-10-27(36)37)28(19-8-9-25(32)26(33)13-19)24-16-39-29-20(15-34)12-21(31)14-23(24)29/h4-9,12-14,16,22,28H,2-3,10-11H2,1H3,(H,35,38)(H,36,37). The molecule has 0 radical (unpaired) electrons. The van der Waals surface area contributed by atoms with Gasteiger partial charge in [-0.1, -0.05) is 66.3 Å². The number of carboxylic acid groups (broad SMARTS) is 1. The molecule has 0 saturated carbocycles. The minimum absolute atomic E-state index is 0.0127. The average molecular weight is 600 g/mol. The lowest BCUT2D eigenvalue weighted by molar-refractivity contribution is -0.136. The molecule has 39 heavy (non-hydrogen) atoms. The SMILES string of the molecule is CCCC(c1ccc(C(=O)NCCC(=O)O)cc1)C(c1ccc(Cl)c(Cl)c1)c1csc2c(C#N)cc(Cl)cc12. The number of carbonyl (C=O) groups excluding carboxylic acids is 1. The van der Waals surface area contributed by atoms with Gasteiger partial charge in [-0.05, 0) is 76.2 Å². The van der Waals surface area contributed by atoms with Gasteiger partial charge in [0.1, 0.15) is 6.07 Å². The van der Waals surface area contributed by atoms with Gasteiger partial charge in [-0.25, -0.2) is 0 Å². The normalized spacial score (nSPS) is 12.6. The van der Waals surface area contributed by atoms with E-state index < -0.39 is 5.97 Å². The molecule has 0 aliphatic rings. The van der Waals surface area contributed by atoms with Crippen LogP contribution in [0.25, 0.3) is 10.1 Å². The second-order valence-corrected chi connectivity index (χ2v) is 11.3. The Labute approximate surface area is 245 Å². The van der Waals surface area contributed by atoms with Crippen molar-refractivity contribution in [3.63, 3.8) is 0 Å². The molecule has 1 amide bonds. The van der Waals surface area contributed by atoms with Gasteiger partial charge in [0, 0.05) is 23.0 Å². The number of nitrogens with zero attached hydrogens (tertiary/aromatic N) is 1. The summed E-state index contributed by atoms with van der Waals surface area (Å²) < 4.78 is 0.880. The molecule has 0 bridgehead atoms. The van der Waals surface area contributed by atoms with Crippen LogP contribution in [-0.4, -0.2) is 23.5 Å². The largest absolute Gasteiger partial charge is 0.481 e. The lowest BCUT2D eigenvalue weighted by Gasteiger charge is -2.29. The third-order valence-electron chi connectivity index (χ3n) is 6.65. The Bertz CT molecular complexity index is 1560. The predicted molar refractivity (Wildman–Crippen MR) is 159 cm³/mol. The third kappa shape index (κ3) is 6.57. The van der Waals surface area contributed by atoms with Gasteiger partial charge in [-0.2, -0.15) is 5.26 Å². The zero-order valence-corrected chi connectivity index (χ0v) is 24.1. The molecule has 0 spiro atoms. The molecule has 0 aliphatic carbocycles. The van der Waals surface area contributed by atoms with Crippen LogP contribution in [-0.2, 0) is 4.79 Å². The van der Waals surface area contributed by atoms with Crippen molar-refractivity contribution in [1.82, 2.24) is 5.32 Å². The quantitative estimate of drug-likeness (QED) is 0.191. The molecule has 0 fully saturated rings. The maximum Gasteiger partial charge on any atom is 0.305 e. The fourth-order valence-electron chi connectivity index (χ4n) is 4.88. The smallest absolute Gasteiger partial charge is 0.305 e. The first-order valence-electron chi connectivity index (χ1n) is 12.4. The number of nitriles is 1. The van der Waals surface area contributed by atoms with E-state index in [4.69, 9.17) is 39.9 Å². The minimum Gasteiger partial charge on any atom is -0.481 e. The minimum atomic E-state index is -0.967. The monoisotopic (exact) mass is 598 g/mol. The first-order chi connectivity index (χ1) is 18.7. The Morgan fingerprint density at radius 2 is 1.74 bits per heavy atom. The van der Waals surface area contributed by atoms with Crippen LogP contribution < -0.4 is 5.32 Å². The van der Waals surface area contributed by atoms with Crippen LogP contribution in [0.3, 0.4) is 0 Å². The lowest BCUT2D eigenvalue weighted by atomic mass is 9.75. The molecular formula is C30H25Cl3N2O3S. The van der Waals surface area contributed by atoms with Crippen molar-refractivity contribution in [1.29, 1.82) is 5.26 Å². The molecule has 4 aromatic rings. The van der Waals surface area contributed by atoms with Crippen molar-refractivity contribution in [2.45, 2.75) is 38.0 Å². The fraction of sp³-hybridized carbons (Fsp3) is 0.233. The van der Waals surface area contributed by atoms with Crippen molar-refractivity contribution in [3.05, 3.63) is 103 Å². The van der Waals surface area contributed by atoms with E-state index in [-0.39, 0.29) is 30.7 Å². The average Bonchev–Trinajstić information content (AvgIpc) is 3.33. The molecule has 0 aliphatic heterocycles. The molecule has 9 heteroatoms. The number of hydrogen-bond donors (Lipinski definition) is 2. The Morgan fingerprint density at radius 3 is 2.38 bits per heavy atom. The van der Waals surface area contributed by atoms with Crippen molar-refractivity contribution < 1.29 is 14.7 Å². The number of thiophene rings is 1. The van der Waals surface area contributed by atoms with Gasteiger partial charge in [0.05, 0.1) is 26.7 Å². The van der Waals surface area contributed by atoms with E-state index in [1.807, 2.05) is 30.3 Å².